The Morgan fingerprint density at radius 2 is 1.59 bits per heavy atom. The maximum atomic E-state index is 12.4. The highest BCUT2D eigenvalue weighted by Crippen LogP contribution is 2.29. The second-order valence-electron chi connectivity index (χ2n) is 3.17. The predicted octanol–water partition coefficient (Wildman–Crippen LogP) is 3.74. The number of carbonyl (C=O) groups is 1. The molecule has 2 nitrogen and oxygen atoms in total. The topological polar surface area (TPSA) is 29.1 Å². The van der Waals surface area contributed by atoms with Crippen molar-refractivity contribution in [3.8, 4) is 0 Å². The normalized spacial score (nSPS) is 11.0. The number of hydrogen-bond acceptors (Lipinski definition) is 1. The zero-order chi connectivity index (χ0) is 13.0. The van der Waals surface area contributed by atoms with Gasteiger partial charge in [0.15, 0.2) is 0 Å². The van der Waals surface area contributed by atoms with Gasteiger partial charge in [-0.15, -0.1) is 11.6 Å². The van der Waals surface area contributed by atoms with E-state index in [0.29, 0.717) is 6.07 Å². The van der Waals surface area contributed by atoms with Gasteiger partial charge in [0.1, 0.15) is 5.88 Å². The van der Waals surface area contributed by atoms with E-state index in [0.717, 1.165) is 12.1 Å². The van der Waals surface area contributed by atoms with Crippen molar-refractivity contribution in [1.29, 1.82) is 0 Å². The maximum Gasteiger partial charge on any atom is 0.263 e. The second kappa shape index (κ2) is 5.86. The van der Waals surface area contributed by atoms with Crippen molar-refractivity contribution in [2.75, 3.05) is 11.2 Å². The molecule has 0 atom stereocenters. The molecule has 0 heterocycles. The van der Waals surface area contributed by atoms with Crippen molar-refractivity contribution in [3.05, 3.63) is 29.3 Å². The molecule has 0 saturated carbocycles. The van der Waals surface area contributed by atoms with Crippen molar-refractivity contribution in [3.63, 3.8) is 0 Å². The van der Waals surface area contributed by atoms with Gasteiger partial charge in [0, 0.05) is 16.8 Å². The molecule has 0 aromatic heterocycles. The third-order valence-electron chi connectivity index (χ3n) is 1.89. The standard InChI is InChI=1S/C10H8ClF4NO/c11-4-8(17)16-7-2-5(9(12)13)1-6(3-7)10(14)15/h1-3,9-10H,4H2,(H,16,17). The van der Waals surface area contributed by atoms with Gasteiger partial charge in [-0.25, -0.2) is 17.6 Å². The van der Waals surface area contributed by atoms with Crippen molar-refractivity contribution in [1.82, 2.24) is 0 Å². The van der Waals surface area contributed by atoms with Crippen LogP contribution in [0.15, 0.2) is 18.2 Å². The van der Waals surface area contributed by atoms with Gasteiger partial charge < -0.3 is 5.32 Å². The van der Waals surface area contributed by atoms with Crippen LogP contribution >= 0.6 is 11.6 Å². The Balaban J connectivity index is 3.08. The molecule has 94 valence electrons. The van der Waals surface area contributed by atoms with Gasteiger partial charge >= 0.3 is 0 Å². The highest BCUT2D eigenvalue weighted by Gasteiger charge is 2.15. The molecule has 1 N–H and O–H groups in total. The summed E-state index contributed by atoms with van der Waals surface area (Å²) in [5, 5.41) is 2.14. The summed E-state index contributed by atoms with van der Waals surface area (Å²) >= 11 is 5.20. The third kappa shape index (κ3) is 3.89. The fourth-order valence-corrected chi connectivity index (χ4v) is 1.26. The van der Waals surface area contributed by atoms with Crippen LogP contribution in [0.2, 0.25) is 0 Å². The van der Waals surface area contributed by atoms with Crippen LogP contribution in [0, 0.1) is 0 Å². The van der Waals surface area contributed by atoms with Crippen molar-refractivity contribution < 1.29 is 22.4 Å². The molecule has 0 aliphatic rings. The van der Waals surface area contributed by atoms with Crippen LogP contribution in [0.1, 0.15) is 24.0 Å². The SMILES string of the molecule is O=C(CCl)Nc1cc(C(F)F)cc(C(F)F)c1. The van der Waals surface area contributed by atoms with Crippen LogP contribution in [0.5, 0.6) is 0 Å². The fraction of sp³-hybridized carbons (Fsp3) is 0.300. The predicted molar refractivity (Wildman–Crippen MR) is 55.7 cm³/mol. The van der Waals surface area contributed by atoms with Crippen LogP contribution in [-0.2, 0) is 4.79 Å². The summed E-state index contributed by atoms with van der Waals surface area (Å²) in [6, 6.07) is 2.56. The number of halogens is 5. The first kappa shape index (κ1) is 13.8. The average Bonchev–Trinajstić information content (AvgIpc) is 2.28. The largest absolute Gasteiger partial charge is 0.325 e. The number of amides is 1. The van der Waals surface area contributed by atoms with E-state index in [2.05, 4.69) is 5.32 Å². The van der Waals surface area contributed by atoms with Gasteiger partial charge in [0.2, 0.25) is 5.91 Å². The number of benzene rings is 1. The lowest BCUT2D eigenvalue weighted by Crippen LogP contribution is -2.13. The third-order valence-corrected chi connectivity index (χ3v) is 2.13. The van der Waals surface area contributed by atoms with E-state index < -0.39 is 29.9 Å². The van der Waals surface area contributed by atoms with Gasteiger partial charge in [0.25, 0.3) is 12.9 Å². The lowest BCUT2D eigenvalue weighted by molar-refractivity contribution is -0.113. The Morgan fingerprint density at radius 1 is 1.12 bits per heavy atom. The number of hydrogen-bond donors (Lipinski definition) is 1. The van der Waals surface area contributed by atoms with E-state index in [1.807, 2.05) is 0 Å². The number of rotatable bonds is 4. The van der Waals surface area contributed by atoms with Crippen LogP contribution < -0.4 is 5.32 Å². The second-order valence-corrected chi connectivity index (χ2v) is 3.44. The smallest absolute Gasteiger partial charge is 0.263 e. The Kier molecular flexibility index (Phi) is 4.74. The molecule has 1 amide bonds. The quantitative estimate of drug-likeness (QED) is 0.655. The average molecular weight is 270 g/mol. The summed E-state index contributed by atoms with van der Waals surface area (Å²) in [6.45, 7) is 0. The van der Waals surface area contributed by atoms with Crippen LogP contribution in [-0.4, -0.2) is 11.8 Å². The van der Waals surface area contributed by atoms with Crippen LogP contribution in [0.3, 0.4) is 0 Å². The molecular weight excluding hydrogens is 262 g/mol. The van der Waals surface area contributed by atoms with E-state index in [1.165, 1.54) is 0 Å². The number of nitrogens with one attached hydrogen (secondary N) is 1. The van der Waals surface area contributed by atoms with Gasteiger partial charge in [-0.3, -0.25) is 4.79 Å². The first-order valence-corrected chi connectivity index (χ1v) is 5.04. The molecule has 0 aliphatic carbocycles. The molecule has 0 spiro atoms. The first-order valence-electron chi connectivity index (χ1n) is 4.51. The lowest BCUT2D eigenvalue weighted by atomic mass is 10.1. The van der Waals surface area contributed by atoms with Gasteiger partial charge in [-0.05, 0) is 18.2 Å². The monoisotopic (exact) mass is 269 g/mol. The summed E-state index contributed by atoms with van der Waals surface area (Å²) in [5.41, 5.74) is -1.27. The van der Waals surface area contributed by atoms with Crippen molar-refractivity contribution >= 4 is 23.2 Å². The molecule has 0 aliphatic heterocycles. The molecule has 0 radical (unpaired) electrons. The molecule has 1 rings (SSSR count). The molecule has 1 aromatic carbocycles. The zero-order valence-corrected chi connectivity index (χ0v) is 9.15. The molecule has 0 saturated heterocycles. The van der Waals surface area contributed by atoms with E-state index in [4.69, 9.17) is 11.6 Å². The highest BCUT2D eigenvalue weighted by molar-refractivity contribution is 6.29. The zero-order valence-electron chi connectivity index (χ0n) is 8.39. The molecule has 7 heteroatoms. The summed E-state index contributed by atoms with van der Waals surface area (Å²) in [6.07, 6.45) is -5.78. The Hall–Kier alpha value is -1.30. The molecule has 0 bridgehead atoms. The Labute approximate surface area is 99.6 Å². The maximum absolute atomic E-state index is 12.4. The Morgan fingerprint density at radius 3 is 1.94 bits per heavy atom. The van der Waals surface area contributed by atoms with Gasteiger partial charge in [-0.1, -0.05) is 0 Å². The summed E-state index contributed by atoms with van der Waals surface area (Å²) in [7, 11) is 0. The molecule has 0 unspecified atom stereocenters. The summed E-state index contributed by atoms with van der Waals surface area (Å²) in [5.74, 6) is -1.04. The molecule has 1 aromatic rings. The van der Waals surface area contributed by atoms with E-state index >= 15 is 0 Å². The minimum Gasteiger partial charge on any atom is -0.325 e. The summed E-state index contributed by atoms with van der Waals surface area (Å²) < 4.78 is 49.7. The Bertz CT molecular complexity index is 385. The minimum atomic E-state index is -2.89. The van der Waals surface area contributed by atoms with E-state index in [1.54, 1.807) is 0 Å². The van der Waals surface area contributed by atoms with Gasteiger partial charge in [0.05, 0.1) is 0 Å². The van der Waals surface area contributed by atoms with Crippen molar-refractivity contribution in [2.45, 2.75) is 12.9 Å². The lowest BCUT2D eigenvalue weighted by Gasteiger charge is -2.09. The summed E-state index contributed by atoms with van der Waals surface area (Å²) in [4.78, 5) is 10.9. The molecular formula is C10H8ClF4NO. The van der Waals surface area contributed by atoms with Crippen LogP contribution in [0.4, 0.5) is 23.2 Å². The molecule has 0 fully saturated rings. The number of carbonyl (C=O) groups excluding carboxylic acids is 1. The minimum absolute atomic E-state index is 0.122. The van der Waals surface area contributed by atoms with Crippen LogP contribution in [0.25, 0.3) is 0 Å². The first-order chi connectivity index (χ1) is 7.93. The van der Waals surface area contributed by atoms with Gasteiger partial charge in [-0.2, -0.15) is 0 Å². The fourth-order valence-electron chi connectivity index (χ4n) is 1.20. The van der Waals surface area contributed by atoms with Crippen molar-refractivity contribution in [2.24, 2.45) is 0 Å². The number of anilines is 1. The van der Waals surface area contributed by atoms with E-state index in [-0.39, 0.29) is 11.6 Å². The highest BCUT2D eigenvalue weighted by atomic mass is 35.5. The number of alkyl halides is 5. The van der Waals surface area contributed by atoms with E-state index in [9.17, 15) is 22.4 Å². The molecule has 17 heavy (non-hydrogen) atoms.